The Balaban J connectivity index is 2.46. The van der Waals surface area contributed by atoms with E-state index >= 15 is 0 Å². The molecule has 0 aliphatic carbocycles. The Morgan fingerprint density at radius 3 is 2.76 bits per heavy atom. The van der Waals surface area contributed by atoms with Gasteiger partial charge in [0.1, 0.15) is 5.82 Å². The van der Waals surface area contributed by atoms with Crippen molar-refractivity contribution in [1.82, 2.24) is 14.8 Å². The molecule has 2 rings (SSSR count). The second-order valence-electron chi connectivity index (χ2n) is 4.29. The summed E-state index contributed by atoms with van der Waals surface area (Å²) in [4.78, 5) is 12.6. The summed E-state index contributed by atoms with van der Waals surface area (Å²) < 4.78 is 6.85. The summed E-state index contributed by atoms with van der Waals surface area (Å²) in [6.45, 7) is 3.86. The third-order valence-electron chi connectivity index (χ3n) is 2.81. The van der Waals surface area contributed by atoms with Gasteiger partial charge < -0.3 is 15.0 Å². The van der Waals surface area contributed by atoms with Gasteiger partial charge in [-0.15, -0.1) is 10.2 Å². The first-order chi connectivity index (χ1) is 9.93. The molecule has 0 saturated carbocycles. The molecule has 0 amide bonds. The van der Waals surface area contributed by atoms with Gasteiger partial charge in [0.15, 0.2) is 5.16 Å². The van der Waals surface area contributed by atoms with E-state index in [0.29, 0.717) is 26.3 Å². The van der Waals surface area contributed by atoms with Crippen molar-refractivity contribution in [2.24, 2.45) is 7.05 Å². The summed E-state index contributed by atoms with van der Waals surface area (Å²) in [5, 5.41) is 9.04. The number of rotatable bonds is 4. The standard InChI is InChI=1S/C13H15ClN4O2S/c1-4-20-12(19)9-5-8(15)6-10(14)11(9)21-13-17-16-7(2)18(13)3/h5-6H,4,15H2,1-3H3. The lowest BCUT2D eigenvalue weighted by molar-refractivity contribution is 0.0522. The molecule has 8 heteroatoms. The van der Waals surface area contributed by atoms with Gasteiger partial charge >= 0.3 is 5.97 Å². The van der Waals surface area contributed by atoms with E-state index in [-0.39, 0.29) is 6.61 Å². The molecule has 2 aromatic rings. The molecule has 2 N–H and O–H groups in total. The number of nitrogen functional groups attached to an aromatic ring is 1. The van der Waals surface area contributed by atoms with Gasteiger partial charge in [0, 0.05) is 17.6 Å². The highest BCUT2D eigenvalue weighted by Gasteiger charge is 2.20. The lowest BCUT2D eigenvalue weighted by Gasteiger charge is -2.11. The fraction of sp³-hybridized carbons (Fsp3) is 0.308. The van der Waals surface area contributed by atoms with Crippen LogP contribution in [0.2, 0.25) is 5.02 Å². The molecule has 0 aliphatic heterocycles. The van der Waals surface area contributed by atoms with Crippen molar-refractivity contribution in [3.05, 3.63) is 28.5 Å². The zero-order valence-electron chi connectivity index (χ0n) is 11.9. The van der Waals surface area contributed by atoms with E-state index < -0.39 is 5.97 Å². The third kappa shape index (κ3) is 3.30. The number of hydrogen-bond donors (Lipinski definition) is 1. The summed E-state index contributed by atoms with van der Waals surface area (Å²) in [6.07, 6.45) is 0. The molecule has 0 bridgehead atoms. The average molecular weight is 327 g/mol. The monoisotopic (exact) mass is 326 g/mol. The maximum Gasteiger partial charge on any atom is 0.339 e. The molecular weight excluding hydrogens is 312 g/mol. The molecule has 1 aromatic carbocycles. The molecule has 1 heterocycles. The van der Waals surface area contributed by atoms with E-state index in [0.717, 1.165) is 5.82 Å². The Hall–Kier alpha value is -1.73. The van der Waals surface area contributed by atoms with E-state index in [1.54, 1.807) is 19.1 Å². The molecule has 21 heavy (non-hydrogen) atoms. The molecule has 6 nitrogen and oxygen atoms in total. The molecule has 0 aliphatic rings. The number of benzene rings is 1. The Labute approximate surface area is 131 Å². The number of ether oxygens (including phenoxy) is 1. The number of nitrogens with two attached hydrogens (primary N) is 1. The highest BCUT2D eigenvalue weighted by Crippen LogP contribution is 2.37. The number of halogens is 1. The van der Waals surface area contributed by atoms with Crippen molar-refractivity contribution >= 4 is 35.0 Å². The summed E-state index contributed by atoms with van der Waals surface area (Å²) in [6, 6.07) is 3.14. The lowest BCUT2D eigenvalue weighted by atomic mass is 10.2. The van der Waals surface area contributed by atoms with Crippen LogP contribution < -0.4 is 5.73 Å². The number of carbonyl (C=O) groups is 1. The fourth-order valence-electron chi connectivity index (χ4n) is 1.65. The van der Waals surface area contributed by atoms with Crippen LogP contribution in [0.15, 0.2) is 22.2 Å². The number of nitrogens with zero attached hydrogens (tertiary/aromatic N) is 3. The lowest BCUT2D eigenvalue weighted by Crippen LogP contribution is -2.08. The summed E-state index contributed by atoms with van der Waals surface area (Å²) >= 11 is 7.47. The van der Waals surface area contributed by atoms with Gasteiger partial charge in [-0.2, -0.15) is 0 Å². The minimum absolute atomic E-state index is 0.276. The Bertz CT molecular complexity index is 687. The van der Waals surface area contributed by atoms with Gasteiger partial charge in [-0.1, -0.05) is 11.6 Å². The van der Waals surface area contributed by atoms with Gasteiger partial charge in [0.05, 0.1) is 17.2 Å². The van der Waals surface area contributed by atoms with Crippen LogP contribution in [0.25, 0.3) is 0 Å². The maximum atomic E-state index is 12.1. The van der Waals surface area contributed by atoms with Crippen LogP contribution in [0.1, 0.15) is 23.1 Å². The highest BCUT2D eigenvalue weighted by atomic mass is 35.5. The Morgan fingerprint density at radius 2 is 2.19 bits per heavy atom. The minimum Gasteiger partial charge on any atom is -0.462 e. The predicted molar refractivity (Wildman–Crippen MR) is 81.7 cm³/mol. The number of carbonyl (C=O) groups excluding carboxylic acids is 1. The number of hydrogen-bond acceptors (Lipinski definition) is 6. The minimum atomic E-state index is -0.465. The maximum absolute atomic E-state index is 12.1. The largest absolute Gasteiger partial charge is 0.462 e. The van der Waals surface area contributed by atoms with Crippen LogP contribution in [0, 0.1) is 6.92 Å². The topological polar surface area (TPSA) is 83.0 Å². The fourth-order valence-corrected chi connectivity index (χ4v) is 2.93. The van der Waals surface area contributed by atoms with Crippen LogP contribution in [-0.2, 0) is 11.8 Å². The van der Waals surface area contributed by atoms with E-state index in [1.807, 2.05) is 18.5 Å². The average Bonchev–Trinajstić information content (AvgIpc) is 2.73. The molecule has 0 saturated heterocycles. The smallest absolute Gasteiger partial charge is 0.339 e. The Kier molecular flexibility index (Phi) is 4.74. The summed E-state index contributed by atoms with van der Waals surface area (Å²) in [5.74, 6) is 0.301. The number of anilines is 1. The number of aromatic nitrogens is 3. The molecule has 0 radical (unpaired) electrons. The zero-order chi connectivity index (χ0) is 15.6. The van der Waals surface area contributed by atoms with E-state index in [9.17, 15) is 4.79 Å². The van der Waals surface area contributed by atoms with Crippen molar-refractivity contribution in [3.8, 4) is 0 Å². The zero-order valence-corrected chi connectivity index (χ0v) is 13.5. The quantitative estimate of drug-likeness (QED) is 0.687. The van der Waals surface area contributed by atoms with E-state index in [2.05, 4.69) is 10.2 Å². The van der Waals surface area contributed by atoms with E-state index in [1.165, 1.54) is 11.8 Å². The van der Waals surface area contributed by atoms with Gasteiger partial charge in [-0.25, -0.2) is 4.79 Å². The van der Waals surface area contributed by atoms with Crippen molar-refractivity contribution < 1.29 is 9.53 Å². The molecular formula is C13H15ClN4O2S. The highest BCUT2D eigenvalue weighted by molar-refractivity contribution is 7.99. The van der Waals surface area contributed by atoms with Crippen molar-refractivity contribution in [2.45, 2.75) is 23.9 Å². The van der Waals surface area contributed by atoms with Gasteiger partial charge in [-0.3, -0.25) is 0 Å². The second-order valence-corrected chi connectivity index (χ2v) is 5.68. The third-order valence-corrected chi connectivity index (χ3v) is 4.40. The SMILES string of the molecule is CCOC(=O)c1cc(N)cc(Cl)c1Sc1nnc(C)n1C. The normalized spacial score (nSPS) is 10.7. The summed E-state index contributed by atoms with van der Waals surface area (Å²) in [7, 11) is 1.84. The number of esters is 1. The summed E-state index contributed by atoms with van der Waals surface area (Å²) in [5.41, 5.74) is 6.49. The van der Waals surface area contributed by atoms with Crippen LogP contribution in [-0.4, -0.2) is 27.3 Å². The Morgan fingerprint density at radius 1 is 1.48 bits per heavy atom. The van der Waals surface area contributed by atoms with Crippen molar-refractivity contribution in [3.63, 3.8) is 0 Å². The van der Waals surface area contributed by atoms with Crippen molar-refractivity contribution in [1.29, 1.82) is 0 Å². The van der Waals surface area contributed by atoms with Crippen LogP contribution >= 0.6 is 23.4 Å². The molecule has 0 fully saturated rings. The van der Waals surface area contributed by atoms with Gasteiger partial charge in [-0.05, 0) is 37.7 Å². The van der Waals surface area contributed by atoms with E-state index in [4.69, 9.17) is 22.1 Å². The molecule has 112 valence electrons. The first-order valence-corrected chi connectivity index (χ1v) is 7.43. The van der Waals surface area contributed by atoms with Gasteiger partial charge in [0.25, 0.3) is 0 Å². The molecule has 1 aromatic heterocycles. The second kappa shape index (κ2) is 6.36. The van der Waals surface area contributed by atoms with Crippen LogP contribution in [0.3, 0.4) is 0 Å². The van der Waals surface area contributed by atoms with Crippen LogP contribution in [0.4, 0.5) is 5.69 Å². The first kappa shape index (κ1) is 15.7. The first-order valence-electron chi connectivity index (χ1n) is 6.24. The van der Waals surface area contributed by atoms with Crippen LogP contribution in [0.5, 0.6) is 0 Å². The molecule has 0 atom stereocenters. The number of aryl methyl sites for hydroxylation is 1. The van der Waals surface area contributed by atoms with Crippen molar-refractivity contribution in [2.75, 3.05) is 12.3 Å². The molecule has 0 spiro atoms. The van der Waals surface area contributed by atoms with Gasteiger partial charge in [0.2, 0.25) is 0 Å². The molecule has 0 unspecified atom stereocenters. The predicted octanol–water partition coefficient (Wildman–Crippen LogP) is 2.69.